The molecule has 0 bridgehead atoms. The lowest BCUT2D eigenvalue weighted by molar-refractivity contribution is -0.142. The first-order valence-corrected chi connectivity index (χ1v) is 7.19. The summed E-state index contributed by atoms with van der Waals surface area (Å²) >= 11 is 0. The molecule has 1 atom stereocenters. The Hall–Kier alpha value is -2.04. The van der Waals surface area contributed by atoms with Crippen LogP contribution in [0.1, 0.15) is 32.3 Å². The first-order chi connectivity index (χ1) is 9.88. The number of rotatable bonds is 5. The van der Waals surface area contributed by atoms with E-state index in [0.29, 0.717) is 18.2 Å². The molecule has 1 unspecified atom stereocenters. The number of carbonyl (C=O) groups excluding carboxylic acids is 1. The SMILES string of the molecule is Cc1ccc2c(c1)N(CCC(C)C)C(=O)C(CC(=O)O)O2. The number of nitrogens with zero attached hydrogens (tertiary/aromatic N) is 1. The van der Waals surface area contributed by atoms with Gasteiger partial charge in [-0.25, -0.2) is 0 Å². The predicted molar refractivity (Wildman–Crippen MR) is 79.7 cm³/mol. The minimum Gasteiger partial charge on any atom is -0.481 e. The van der Waals surface area contributed by atoms with Gasteiger partial charge < -0.3 is 14.7 Å². The molecule has 0 radical (unpaired) electrons. The van der Waals surface area contributed by atoms with Gasteiger partial charge in [0.2, 0.25) is 0 Å². The number of fused-ring (bicyclic) bond motifs is 1. The van der Waals surface area contributed by atoms with Crippen molar-refractivity contribution in [3.8, 4) is 5.75 Å². The van der Waals surface area contributed by atoms with Crippen LogP contribution in [0.15, 0.2) is 18.2 Å². The molecular weight excluding hydrogens is 270 g/mol. The Labute approximate surface area is 124 Å². The summed E-state index contributed by atoms with van der Waals surface area (Å²) in [5.41, 5.74) is 1.78. The minimum absolute atomic E-state index is 0.267. The highest BCUT2D eigenvalue weighted by Crippen LogP contribution is 2.35. The van der Waals surface area contributed by atoms with Crippen LogP contribution < -0.4 is 9.64 Å². The van der Waals surface area contributed by atoms with Gasteiger partial charge in [-0.2, -0.15) is 0 Å². The van der Waals surface area contributed by atoms with Crippen LogP contribution in [-0.2, 0) is 9.59 Å². The topological polar surface area (TPSA) is 66.8 Å². The molecule has 114 valence electrons. The number of carboxylic acids is 1. The molecule has 0 saturated heterocycles. The lowest BCUT2D eigenvalue weighted by atomic mass is 10.1. The largest absolute Gasteiger partial charge is 0.481 e. The number of aliphatic carboxylic acids is 1. The third kappa shape index (κ3) is 3.54. The van der Waals surface area contributed by atoms with Gasteiger partial charge in [-0.3, -0.25) is 9.59 Å². The second kappa shape index (κ2) is 6.16. The van der Waals surface area contributed by atoms with Gasteiger partial charge in [0.25, 0.3) is 5.91 Å². The van der Waals surface area contributed by atoms with Crippen molar-refractivity contribution in [2.45, 2.75) is 39.7 Å². The van der Waals surface area contributed by atoms with Crippen molar-refractivity contribution in [2.75, 3.05) is 11.4 Å². The number of anilines is 1. The molecule has 21 heavy (non-hydrogen) atoms. The van der Waals surface area contributed by atoms with E-state index in [2.05, 4.69) is 13.8 Å². The number of benzene rings is 1. The molecule has 0 aliphatic carbocycles. The van der Waals surface area contributed by atoms with Crippen LogP contribution in [0.25, 0.3) is 0 Å². The van der Waals surface area contributed by atoms with E-state index in [1.54, 1.807) is 11.0 Å². The number of carboxylic acid groups (broad SMARTS) is 1. The smallest absolute Gasteiger partial charge is 0.307 e. The van der Waals surface area contributed by atoms with Crippen LogP contribution in [-0.4, -0.2) is 29.6 Å². The monoisotopic (exact) mass is 291 g/mol. The molecule has 0 saturated carbocycles. The second-order valence-corrected chi connectivity index (χ2v) is 5.85. The van der Waals surface area contributed by atoms with Gasteiger partial charge in [0.1, 0.15) is 5.75 Å². The van der Waals surface area contributed by atoms with E-state index >= 15 is 0 Å². The van der Waals surface area contributed by atoms with Crippen LogP contribution in [0.5, 0.6) is 5.75 Å². The van der Waals surface area contributed by atoms with Crippen LogP contribution in [0.3, 0.4) is 0 Å². The summed E-state index contributed by atoms with van der Waals surface area (Å²) in [6.45, 7) is 6.72. The molecule has 5 nitrogen and oxygen atoms in total. The van der Waals surface area contributed by atoms with E-state index < -0.39 is 12.1 Å². The van der Waals surface area contributed by atoms with Gasteiger partial charge in [0.15, 0.2) is 6.10 Å². The van der Waals surface area contributed by atoms with Crippen LogP contribution in [0.4, 0.5) is 5.69 Å². The highest BCUT2D eigenvalue weighted by molar-refractivity contribution is 6.01. The van der Waals surface area contributed by atoms with Crippen LogP contribution >= 0.6 is 0 Å². The zero-order valence-electron chi connectivity index (χ0n) is 12.6. The Morgan fingerprint density at radius 2 is 2.14 bits per heavy atom. The van der Waals surface area contributed by atoms with Gasteiger partial charge in [0.05, 0.1) is 12.1 Å². The molecule has 1 amide bonds. The summed E-state index contributed by atoms with van der Waals surface area (Å²) in [5, 5.41) is 8.93. The van der Waals surface area contributed by atoms with Gasteiger partial charge in [0, 0.05) is 6.54 Å². The van der Waals surface area contributed by atoms with Gasteiger partial charge in [-0.15, -0.1) is 0 Å². The maximum absolute atomic E-state index is 12.5. The van der Waals surface area contributed by atoms with E-state index in [1.807, 2.05) is 19.1 Å². The Bertz CT molecular complexity index is 553. The van der Waals surface area contributed by atoms with Gasteiger partial charge >= 0.3 is 5.97 Å². The zero-order valence-corrected chi connectivity index (χ0v) is 12.6. The predicted octanol–water partition coefficient (Wildman–Crippen LogP) is 2.61. The number of ether oxygens (including phenoxy) is 1. The summed E-state index contributed by atoms with van der Waals surface area (Å²) in [6.07, 6.45) is -0.395. The molecule has 5 heteroatoms. The maximum atomic E-state index is 12.5. The lowest BCUT2D eigenvalue weighted by Crippen LogP contribution is -2.47. The van der Waals surface area contributed by atoms with Crippen LogP contribution in [0, 0.1) is 12.8 Å². The molecule has 1 N–H and O–H groups in total. The molecule has 1 heterocycles. The highest BCUT2D eigenvalue weighted by atomic mass is 16.5. The first kappa shape index (κ1) is 15.4. The van der Waals surface area contributed by atoms with Crippen molar-refractivity contribution < 1.29 is 19.4 Å². The van der Waals surface area contributed by atoms with Gasteiger partial charge in [-0.05, 0) is 37.0 Å². The van der Waals surface area contributed by atoms with Crippen molar-refractivity contribution in [2.24, 2.45) is 5.92 Å². The fourth-order valence-electron chi connectivity index (χ4n) is 2.34. The fraction of sp³-hybridized carbons (Fsp3) is 0.500. The minimum atomic E-state index is -1.03. The van der Waals surface area contributed by atoms with Crippen molar-refractivity contribution in [3.05, 3.63) is 23.8 Å². The number of hydrogen-bond donors (Lipinski definition) is 1. The van der Waals surface area contributed by atoms with E-state index in [1.165, 1.54) is 0 Å². The normalized spacial score (nSPS) is 17.6. The van der Waals surface area contributed by atoms with Gasteiger partial charge in [-0.1, -0.05) is 19.9 Å². The summed E-state index contributed by atoms with van der Waals surface area (Å²) in [5.74, 6) is -0.258. The third-order valence-electron chi connectivity index (χ3n) is 3.51. The molecule has 0 fully saturated rings. The summed E-state index contributed by atoms with van der Waals surface area (Å²) in [4.78, 5) is 25.1. The average molecular weight is 291 g/mol. The molecule has 1 aromatic rings. The van der Waals surface area contributed by atoms with Crippen molar-refractivity contribution >= 4 is 17.6 Å². The first-order valence-electron chi connectivity index (χ1n) is 7.19. The Kier molecular flexibility index (Phi) is 4.50. The maximum Gasteiger partial charge on any atom is 0.307 e. The summed E-state index contributed by atoms with van der Waals surface area (Å²) < 4.78 is 5.58. The quantitative estimate of drug-likeness (QED) is 0.905. The summed E-state index contributed by atoms with van der Waals surface area (Å²) in [7, 11) is 0. The number of amides is 1. The van der Waals surface area contributed by atoms with E-state index in [0.717, 1.165) is 17.7 Å². The molecule has 1 aliphatic heterocycles. The van der Waals surface area contributed by atoms with Crippen molar-refractivity contribution in [1.82, 2.24) is 0 Å². The molecule has 0 spiro atoms. The van der Waals surface area contributed by atoms with E-state index in [-0.39, 0.29) is 12.3 Å². The fourth-order valence-corrected chi connectivity index (χ4v) is 2.34. The average Bonchev–Trinajstić information content (AvgIpc) is 2.38. The summed E-state index contributed by atoms with van der Waals surface area (Å²) in [6, 6.07) is 5.60. The van der Waals surface area contributed by atoms with E-state index in [9.17, 15) is 9.59 Å². The second-order valence-electron chi connectivity index (χ2n) is 5.85. The highest BCUT2D eigenvalue weighted by Gasteiger charge is 2.35. The molecule has 1 aromatic carbocycles. The van der Waals surface area contributed by atoms with E-state index in [4.69, 9.17) is 9.84 Å². The molecular formula is C16H21NO4. The Morgan fingerprint density at radius 1 is 1.43 bits per heavy atom. The lowest BCUT2D eigenvalue weighted by Gasteiger charge is -2.34. The Morgan fingerprint density at radius 3 is 2.76 bits per heavy atom. The zero-order chi connectivity index (χ0) is 15.6. The Balaban J connectivity index is 2.32. The van der Waals surface area contributed by atoms with Crippen molar-refractivity contribution in [1.29, 1.82) is 0 Å². The van der Waals surface area contributed by atoms with Crippen molar-refractivity contribution in [3.63, 3.8) is 0 Å². The number of aryl methyl sites for hydroxylation is 1. The molecule has 2 rings (SSSR count). The van der Waals surface area contributed by atoms with Crippen LogP contribution in [0.2, 0.25) is 0 Å². The molecule has 1 aliphatic rings. The number of carbonyl (C=O) groups is 2. The third-order valence-corrected chi connectivity index (χ3v) is 3.51. The molecule has 0 aromatic heterocycles. The number of hydrogen-bond acceptors (Lipinski definition) is 3. The standard InChI is InChI=1S/C16H21NO4/c1-10(2)6-7-17-12-8-11(3)4-5-13(12)21-14(16(17)20)9-15(18)19/h4-5,8,10,14H,6-7,9H2,1-3H3,(H,18,19).